The number of tetrazole rings is 1. The molecule has 8 heteroatoms. The fraction of sp³-hybridized carbons (Fsp3) is 0.304. The predicted octanol–water partition coefficient (Wildman–Crippen LogP) is 4.03. The molecule has 1 atom stereocenters. The van der Waals surface area contributed by atoms with Gasteiger partial charge in [-0.1, -0.05) is 61.9 Å². The quantitative estimate of drug-likeness (QED) is 0.512. The molecule has 31 heavy (non-hydrogen) atoms. The molecule has 3 heterocycles. The molecule has 4 aromatic rings. The van der Waals surface area contributed by atoms with Gasteiger partial charge in [0.25, 0.3) is 0 Å². The first-order valence-electron chi connectivity index (χ1n) is 10.7. The lowest BCUT2D eigenvalue weighted by atomic mass is 9.93. The Kier molecular flexibility index (Phi) is 5.11. The maximum absolute atomic E-state index is 12.4. The van der Waals surface area contributed by atoms with Gasteiger partial charge < -0.3 is 4.57 Å². The van der Waals surface area contributed by atoms with Gasteiger partial charge >= 0.3 is 0 Å². The van der Waals surface area contributed by atoms with E-state index in [1.54, 1.807) is 0 Å². The summed E-state index contributed by atoms with van der Waals surface area (Å²) in [6.45, 7) is 2.15. The Morgan fingerprint density at radius 2 is 1.84 bits per heavy atom. The topological polar surface area (TPSA) is 102 Å². The number of carbonyl (C=O) groups is 1. The van der Waals surface area contributed by atoms with Crippen LogP contribution < -0.4 is 0 Å². The zero-order chi connectivity index (χ0) is 21.2. The maximum Gasteiger partial charge on any atom is 0.200 e. The Morgan fingerprint density at radius 3 is 2.58 bits per heavy atom. The highest BCUT2D eigenvalue weighted by atomic mass is 16.1. The van der Waals surface area contributed by atoms with Gasteiger partial charge in [0.2, 0.25) is 5.82 Å². The second-order valence-corrected chi connectivity index (χ2v) is 7.81. The van der Waals surface area contributed by atoms with Crippen LogP contribution in [0.3, 0.4) is 0 Å². The van der Waals surface area contributed by atoms with Gasteiger partial charge in [0.05, 0.1) is 6.04 Å². The number of fused-ring (bicyclic) bond motifs is 1. The minimum absolute atomic E-state index is 0.0809. The van der Waals surface area contributed by atoms with Crippen LogP contribution in [0, 0.1) is 0 Å². The van der Waals surface area contributed by atoms with Crippen LogP contribution in [0.2, 0.25) is 0 Å². The number of aromatic amines is 1. The number of ketones is 1. The van der Waals surface area contributed by atoms with Gasteiger partial charge in [-0.2, -0.15) is 0 Å². The van der Waals surface area contributed by atoms with Crippen LogP contribution in [-0.2, 0) is 6.42 Å². The highest BCUT2D eigenvalue weighted by molar-refractivity contribution is 5.93. The molecule has 0 bridgehead atoms. The van der Waals surface area contributed by atoms with Crippen molar-refractivity contribution >= 4 is 5.78 Å². The Balaban J connectivity index is 1.50. The second kappa shape index (κ2) is 8.22. The van der Waals surface area contributed by atoms with Crippen molar-refractivity contribution < 1.29 is 4.79 Å². The van der Waals surface area contributed by atoms with Crippen LogP contribution in [0.15, 0.2) is 48.5 Å². The lowest BCUT2D eigenvalue weighted by Crippen LogP contribution is -2.25. The number of rotatable bonds is 6. The van der Waals surface area contributed by atoms with Crippen LogP contribution in [0.4, 0.5) is 0 Å². The number of aromatic nitrogens is 7. The molecule has 0 saturated carbocycles. The van der Waals surface area contributed by atoms with Gasteiger partial charge in [0, 0.05) is 18.4 Å². The zero-order valence-corrected chi connectivity index (χ0v) is 17.3. The molecule has 1 unspecified atom stereocenters. The van der Waals surface area contributed by atoms with Crippen LogP contribution in [-0.4, -0.2) is 41.2 Å². The molecule has 156 valence electrons. The van der Waals surface area contributed by atoms with Crippen molar-refractivity contribution in [3.63, 3.8) is 0 Å². The Labute approximate surface area is 179 Å². The van der Waals surface area contributed by atoms with Gasteiger partial charge in [-0.15, -0.1) is 15.3 Å². The molecule has 2 aromatic carbocycles. The molecule has 0 aliphatic carbocycles. The zero-order valence-electron chi connectivity index (χ0n) is 17.3. The maximum atomic E-state index is 12.4. The van der Waals surface area contributed by atoms with Crippen molar-refractivity contribution in [3.8, 4) is 22.5 Å². The monoisotopic (exact) mass is 413 g/mol. The molecule has 0 fully saturated rings. The first-order chi connectivity index (χ1) is 15.3. The number of hydrogen-bond acceptors (Lipinski definition) is 6. The number of benzene rings is 2. The van der Waals surface area contributed by atoms with Crippen molar-refractivity contribution in [1.29, 1.82) is 0 Å². The summed E-state index contributed by atoms with van der Waals surface area (Å²) in [6, 6.07) is 16.6. The Hall–Kier alpha value is -3.68. The first kappa shape index (κ1) is 19.3. The van der Waals surface area contributed by atoms with Gasteiger partial charge in [-0.05, 0) is 40.0 Å². The number of nitrogens with zero attached hydrogens (tertiary/aromatic N) is 6. The Bertz CT molecular complexity index is 1200. The standard InChI is InChI=1S/C23H23N7O/c1-2-3-8-21-24-27-23-20(31)14-13-19(30(21)23)16-11-9-15(10-12-16)17-6-4-5-7-18(17)22-25-28-29-26-22/h4-7,9-12,19H,2-3,8,13-14H2,1H3,(H,25,26,28,29). The fourth-order valence-corrected chi connectivity index (χ4v) is 4.27. The molecule has 5 rings (SSSR count). The van der Waals surface area contributed by atoms with E-state index >= 15 is 0 Å². The highest BCUT2D eigenvalue weighted by Crippen LogP contribution is 2.34. The van der Waals surface area contributed by atoms with Crippen molar-refractivity contribution in [1.82, 2.24) is 35.4 Å². The molecule has 1 N–H and O–H groups in total. The minimum atomic E-state index is 0.0809. The van der Waals surface area contributed by atoms with E-state index < -0.39 is 0 Å². The molecule has 0 radical (unpaired) electrons. The van der Waals surface area contributed by atoms with E-state index in [2.05, 4.69) is 72.6 Å². The van der Waals surface area contributed by atoms with Gasteiger partial charge in [0.15, 0.2) is 11.6 Å². The molecule has 0 amide bonds. The SMILES string of the molecule is CCCCc1nnc2n1C(c1ccc(-c3ccccc3-c3nnn[nH]3)cc1)CCC2=O. The molecule has 8 nitrogen and oxygen atoms in total. The molecule has 1 aliphatic rings. The number of Topliss-reactive ketones (excluding diaryl/α,β-unsaturated/α-hetero) is 1. The molecular formula is C23H23N7O. The smallest absolute Gasteiger partial charge is 0.200 e. The molecular weight excluding hydrogens is 390 g/mol. The Morgan fingerprint density at radius 1 is 1.03 bits per heavy atom. The number of unbranched alkanes of at least 4 members (excludes halogenated alkanes) is 1. The van der Waals surface area contributed by atoms with E-state index in [9.17, 15) is 4.79 Å². The van der Waals surface area contributed by atoms with Gasteiger partial charge in [0.1, 0.15) is 5.82 Å². The van der Waals surface area contributed by atoms with E-state index in [-0.39, 0.29) is 11.8 Å². The summed E-state index contributed by atoms with van der Waals surface area (Å²) in [6.07, 6.45) is 4.22. The molecule has 0 saturated heterocycles. The number of H-pyrrole nitrogens is 1. The van der Waals surface area contributed by atoms with Crippen LogP contribution in [0.5, 0.6) is 0 Å². The highest BCUT2D eigenvalue weighted by Gasteiger charge is 2.30. The van der Waals surface area contributed by atoms with E-state index in [1.165, 1.54) is 0 Å². The van der Waals surface area contributed by atoms with E-state index in [0.29, 0.717) is 18.1 Å². The molecule has 2 aromatic heterocycles. The summed E-state index contributed by atoms with van der Waals surface area (Å²) in [5.74, 6) is 2.12. The van der Waals surface area contributed by atoms with Gasteiger partial charge in [-0.3, -0.25) is 4.79 Å². The average Bonchev–Trinajstić information content (AvgIpc) is 3.49. The van der Waals surface area contributed by atoms with Crippen molar-refractivity contribution in [2.24, 2.45) is 0 Å². The number of hydrogen-bond donors (Lipinski definition) is 1. The summed E-state index contributed by atoms with van der Waals surface area (Å²) in [5.41, 5.74) is 4.25. The first-order valence-corrected chi connectivity index (χ1v) is 10.7. The second-order valence-electron chi connectivity index (χ2n) is 7.81. The van der Waals surface area contributed by atoms with E-state index in [1.807, 2.05) is 18.2 Å². The number of aryl methyl sites for hydroxylation is 1. The average molecular weight is 413 g/mol. The molecule has 0 spiro atoms. The van der Waals surface area contributed by atoms with Crippen LogP contribution in [0.25, 0.3) is 22.5 Å². The summed E-state index contributed by atoms with van der Waals surface area (Å²) in [4.78, 5) is 12.4. The summed E-state index contributed by atoms with van der Waals surface area (Å²) >= 11 is 0. The lowest BCUT2D eigenvalue weighted by molar-refractivity contribution is 0.0941. The normalized spacial score (nSPS) is 15.8. The third-order valence-electron chi connectivity index (χ3n) is 5.86. The van der Waals surface area contributed by atoms with Crippen molar-refractivity contribution in [2.75, 3.05) is 0 Å². The van der Waals surface area contributed by atoms with Crippen molar-refractivity contribution in [3.05, 3.63) is 65.7 Å². The fourth-order valence-electron chi connectivity index (χ4n) is 4.27. The number of nitrogens with one attached hydrogen (secondary N) is 1. The van der Waals surface area contributed by atoms with Crippen LogP contribution >= 0.6 is 0 Å². The minimum Gasteiger partial charge on any atom is -0.301 e. The largest absolute Gasteiger partial charge is 0.301 e. The number of carbonyl (C=O) groups excluding carboxylic acids is 1. The van der Waals surface area contributed by atoms with E-state index in [4.69, 9.17) is 0 Å². The third kappa shape index (κ3) is 3.54. The van der Waals surface area contributed by atoms with Gasteiger partial charge in [-0.25, -0.2) is 5.10 Å². The third-order valence-corrected chi connectivity index (χ3v) is 5.86. The predicted molar refractivity (Wildman–Crippen MR) is 115 cm³/mol. The summed E-state index contributed by atoms with van der Waals surface area (Å²) < 4.78 is 2.06. The molecule has 1 aliphatic heterocycles. The summed E-state index contributed by atoms with van der Waals surface area (Å²) in [7, 11) is 0. The lowest BCUT2D eigenvalue weighted by Gasteiger charge is -2.26. The van der Waals surface area contributed by atoms with E-state index in [0.717, 1.165) is 53.8 Å². The summed E-state index contributed by atoms with van der Waals surface area (Å²) in [5, 5.41) is 22.8. The van der Waals surface area contributed by atoms with Crippen molar-refractivity contribution in [2.45, 2.75) is 45.1 Å². The van der Waals surface area contributed by atoms with Crippen LogP contribution in [0.1, 0.15) is 60.7 Å².